The van der Waals surface area contributed by atoms with Gasteiger partial charge in [-0.25, -0.2) is 4.39 Å². The maximum atomic E-state index is 13.1. The first kappa shape index (κ1) is 13.1. The lowest BCUT2D eigenvalue weighted by Crippen LogP contribution is -2.33. The summed E-state index contributed by atoms with van der Waals surface area (Å²) in [6.07, 6.45) is 5.30. The zero-order chi connectivity index (χ0) is 13.0. The number of nitrogens with one attached hydrogen (secondary N) is 1. The quantitative estimate of drug-likeness (QED) is 0.791. The van der Waals surface area contributed by atoms with Crippen LogP contribution >= 0.6 is 0 Å². The van der Waals surface area contributed by atoms with E-state index in [-0.39, 0.29) is 5.82 Å². The SMILES string of the molecule is CN(CCNc1cc(F)ccc1N)C1CCCC1. The smallest absolute Gasteiger partial charge is 0.125 e. The van der Waals surface area contributed by atoms with E-state index in [9.17, 15) is 4.39 Å². The molecule has 0 bridgehead atoms. The molecule has 0 unspecified atom stereocenters. The van der Waals surface area contributed by atoms with Crippen molar-refractivity contribution in [1.82, 2.24) is 4.90 Å². The number of nitrogens with two attached hydrogens (primary N) is 1. The lowest BCUT2D eigenvalue weighted by atomic mass is 10.2. The molecule has 1 aromatic rings. The van der Waals surface area contributed by atoms with Gasteiger partial charge >= 0.3 is 0 Å². The number of nitrogens with zero attached hydrogens (tertiary/aromatic N) is 1. The zero-order valence-electron chi connectivity index (χ0n) is 11.0. The van der Waals surface area contributed by atoms with Crippen LogP contribution in [0.15, 0.2) is 18.2 Å². The molecule has 18 heavy (non-hydrogen) atoms. The van der Waals surface area contributed by atoms with E-state index in [0.717, 1.165) is 19.1 Å². The minimum Gasteiger partial charge on any atom is -0.397 e. The highest BCUT2D eigenvalue weighted by Gasteiger charge is 2.18. The predicted molar refractivity (Wildman–Crippen MR) is 74.2 cm³/mol. The predicted octanol–water partition coefficient (Wildman–Crippen LogP) is 2.69. The van der Waals surface area contributed by atoms with Gasteiger partial charge in [-0.1, -0.05) is 12.8 Å². The maximum absolute atomic E-state index is 13.1. The second kappa shape index (κ2) is 6.05. The van der Waals surface area contributed by atoms with E-state index in [1.807, 2.05) is 0 Å². The lowest BCUT2D eigenvalue weighted by Gasteiger charge is -2.24. The molecule has 0 spiro atoms. The van der Waals surface area contributed by atoms with E-state index in [4.69, 9.17) is 5.73 Å². The number of benzene rings is 1. The number of rotatable bonds is 5. The normalized spacial score (nSPS) is 16.4. The van der Waals surface area contributed by atoms with Crippen LogP contribution in [-0.4, -0.2) is 31.1 Å². The Labute approximate surface area is 108 Å². The Hall–Kier alpha value is -1.29. The molecule has 0 aliphatic heterocycles. The van der Waals surface area contributed by atoms with Gasteiger partial charge in [0.05, 0.1) is 11.4 Å². The Kier molecular flexibility index (Phi) is 4.42. The van der Waals surface area contributed by atoms with Crippen LogP contribution in [0.5, 0.6) is 0 Å². The molecule has 1 aliphatic carbocycles. The van der Waals surface area contributed by atoms with E-state index in [1.165, 1.54) is 37.8 Å². The molecular weight excluding hydrogens is 229 g/mol. The molecule has 4 heteroatoms. The van der Waals surface area contributed by atoms with Gasteiger partial charge in [0.25, 0.3) is 0 Å². The minimum atomic E-state index is -0.254. The van der Waals surface area contributed by atoms with Crippen LogP contribution in [-0.2, 0) is 0 Å². The second-order valence-corrected chi connectivity index (χ2v) is 5.08. The molecule has 0 saturated heterocycles. The Morgan fingerprint density at radius 2 is 2.11 bits per heavy atom. The Bertz CT molecular complexity index is 389. The topological polar surface area (TPSA) is 41.3 Å². The van der Waals surface area contributed by atoms with Crippen LogP contribution in [0.4, 0.5) is 15.8 Å². The molecule has 3 nitrogen and oxygen atoms in total. The van der Waals surface area contributed by atoms with E-state index in [1.54, 1.807) is 6.07 Å². The minimum absolute atomic E-state index is 0.254. The second-order valence-electron chi connectivity index (χ2n) is 5.08. The molecule has 1 aromatic carbocycles. The Morgan fingerprint density at radius 1 is 1.39 bits per heavy atom. The third-order valence-corrected chi connectivity index (χ3v) is 3.74. The van der Waals surface area contributed by atoms with Crippen molar-refractivity contribution in [1.29, 1.82) is 0 Å². The first-order chi connectivity index (χ1) is 8.66. The van der Waals surface area contributed by atoms with Gasteiger partial charge in [0.2, 0.25) is 0 Å². The molecule has 100 valence electrons. The highest BCUT2D eigenvalue weighted by atomic mass is 19.1. The van der Waals surface area contributed by atoms with Crippen molar-refractivity contribution in [3.8, 4) is 0 Å². The number of halogens is 1. The molecule has 1 saturated carbocycles. The Balaban J connectivity index is 1.79. The maximum Gasteiger partial charge on any atom is 0.125 e. The van der Waals surface area contributed by atoms with Gasteiger partial charge in [-0.05, 0) is 38.1 Å². The van der Waals surface area contributed by atoms with Crippen LogP contribution < -0.4 is 11.1 Å². The van der Waals surface area contributed by atoms with Crippen molar-refractivity contribution in [2.75, 3.05) is 31.2 Å². The largest absolute Gasteiger partial charge is 0.397 e. The number of hydrogen-bond donors (Lipinski definition) is 2. The average molecular weight is 251 g/mol. The molecule has 0 amide bonds. The summed E-state index contributed by atoms with van der Waals surface area (Å²) >= 11 is 0. The van der Waals surface area contributed by atoms with Crippen molar-refractivity contribution in [3.63, 3.8) is 0 Å². The van der Waals surface area contributed by atoms with Crippen LogP contribution in [0.1, 0.15) is 25.7 Å². The van der Waals surface area contributed by atoms with Gasteiger partial charge in [0, 0.05) is 19.1 Å². The van der Waals surface area contributed by atoms with Crippen molar-refractivity contribution < 1.29 is 4.39 Å². The van der Waals surface area contributed by atoms with Crippen molar-refractivity contribution in [2.24, 2.45) is 0 Å². The molecule has 0 aromatic heterocycles. The number of hydrogen-bond acceptors (Lipinski definition) is 3. The van der Waals surface area contributed by atoms with Crippen LogP contribution in [0, 0.1) is 5.82 Å². The molecule has 0 radical (unpaired) electrons. The van der Waals surface area contributed by atoms with Crippen LogP contribution in [0.3, 0.4) is 0 Å². The fourth-order valence-corrected chi connectivity index (χ4v) is 2.58. The van der Waals surface area contributed by atoms with Crippen LogP contribution in [0.2, 0.25) is 0 Å². The highest BCUT2D eigenvalue weighted by molar-refractivity contribution is 5.65. The summed E-state index contributed by atoms with van der Waals surface area (Å²) in [6.45, 7) is 1.75. The molecule has 1 fully saturated rings. The molecule has 3 N–H and O–H groups in total. The van der Waals surface area contributed by atoms with Crippen molar-refractivity contribution in [2.45, 2.75) is 31.7 Å². The van der Waals surface area contributed by atoms with E-state index in [2.05, 4.69) is 17.3 Å². The summed E-state index contributed by atoms with van der Waals surface area (Å²) in [7, 11) is 2.16. The van der Waals surface area contributed by atoms with Gasteiger partial charge in [0.15, 0.2) is 0 Å². The molecule has 2 rings (SSSR count). The Morgan fingerprint density at radius 3 is 2.83 bits per heavy atom. The molecule has 0 heterocycles. The third kappa shape index (κ3) is 3.35. The average Bonchev–Trinajstić information content (AvgIpc) is 2.87. The summed E-state index contributed by atoms with van der Waals surface area (Å²) in [5.41, 5.74) is 7.07. The van der Waals surface area contributed by atoms with Gasteiger partial charge in [0.1, 0.15) is 5.82 Å². The van der Waals surface area contributed by atoms with Crippen molar-refractivity contribution in [3.05, 3.63) is 24.0 Å². The third-order valence-electron chi connectivity index (χ3n) is 3.74. The van der Waals surface area contributed by atoms with E-state index < -0.39 is 0 Å². The number of likely N-dealkylation sites (N-methyl/N-ethyl adjacent to an activating group) is 1. The summed E-state index contributed by atoms with van der Waals surface area (Å²) in [5.74, 6) is -0.254. The van der Waals surface area contributed by atoms with Crippen molar-refractivity contribution >= 4 is 11.4 Å². The molecule has 0 atom stereocenters. The summed E-state index contributed by atoms with van der Waals surface area (Å²) < 4.78 is 13.1. The molecular formula is C14H22FN3. The monoisotopic (exact) mass is 251 g/mol. The summed E-state index contributed by atoms with van der Waals surface area (Å²) in [6, 6.07) is 5.14. The van der Waals surface area contributed by atoms with E-state index in [0.29, 0.717) is 11.4 Å². The fourth-order valence-electron chi connectivity index (χ4n) is 2.58. The van der Waals surface area contributed by atoms with E-state index >= 15 is 0 Å². The number of nitrogen functional groups attached to an aromatic ring is 1. The molecule has 1 aliphatic rings. The zero-order valence-corrected chi connectivity index (χ0v) is 11.0. The number of anilines is 2. The van der Waals surface area contributed by atoms with Gasteiger partial charge in [-0.3, -0.25) is 0 Å². The van der Waals surface area contributed by atoms with Crippen LogP contribution in [0.25, 0.3) is 0 Å². The fraction of sp³-hybridized carbons (Fsp3) is 0.571. The van der Waals surface area contributed by atoms with Gasteiger partial charge in [-0.15, -0.1) is 0 Å². The first-order valence-corrected chi connectivity index (χ1v) is 6.66. The summed E-state index contributed by atoms with van der Waals surface area (Å²) in [5, 5.41) is 3.20. The van der Waals surface area contributed by atoms with Gasteiger partial charge in [-0.2, -0.15) is 0 Å². The van der Waals surface area contributed by atoms with Gasteiger partial charge < -0.3 is 16.0 Å². The first-order valence-electron chi connectivity index (χ1n) is 6.66. The highest BCUT2D eigenvalue weighted by Crippen LogP contribution is 2.22. The summed E-state index contributed by atoms with van der Waals surface area (Å²) in [4.78, 5) is 2.38. The standard InChI is InChI=1S/C14H22FN3/c1-18(12-4-2-3-5-12)9-8-17-14-10-11(15)6-7-13(14)16/h6-7,10,12,17H,2-5,8-9,16H2,1H3. The lowest BCUT2D eigenvalue weighted by molar-refractivity contribution is 0.254.